The predicted octanol–water partition coefficient (Wildman–Crippen LogP) is 31.8. The fraction of sp³-hybridized carbons (Fsp3) is 0.137. The van der Waals surface area contributed by atoms with Crippen molar-refractivity contribution >= 4 is 158 Å². The number of carbonyl (C=O) groups excluding carboxylic acids is 1. The molecule has 0 saturated carbocycles. The summed E-state index contributed by atoms with van der Waals surface area (Å²) in [6, 6.07) is 111. The summed E-state index contributed by atoms with van der Waals surface area (Å²) >= 11 is 0. The molecule has 10 heterocycles. The van der Waals surface area contributed by atoms with Gasteiger partial charge in [-0.25, -0.2) is 4.79 Å². The van der Waals surface area contributed by atoms with Crippen LogP contribution in [0.1, 0.15) is 72.4 Å². The average molecular weight is 1810 g/mol. The van der Waals surface area contributed by atoms with E-state index in [1.807, 2.05) is 206 Å². The molecule has 0 unspecified atom stereocenters. The number of para-hydroxylation sites is 10. The van der Waals surface area contributed by atoms with E-state index < -0.39 is 5.97 Å². The van der Waals surface area contributed by atoms with E-state index in [2.05, 4.69) is 191 Å². The molecular formula is C117H97N7O13. The highest BCUT2D eigenvalue weighted by molar-refractivity contribution is 6.08. The summed E-state index contributed by atoms with van der Waals surface area (Å²) in [5.41, 5.74) is 27.4. The van der Waals surface area contributed by atoms with Crippen LogP contribution < -0.4 is 57.7 Å². The van der Waals surface area contributed by atoms with Crippen LogP contribution in [0.5, 0.6) is 40.2 Å². The van der Waals surface area contributed by atoms with E-state index >= 15 is 0 Å². The zero-order valence-corrected chi connectivity index (χ0v) is 77.4. The molecule has 0 saturated heterocycles. The van der Waals surface area contributed by atoms with Crippen LogP contribution >= 0.6 is 0 Å². The lowest BCUT2D eigenvalue weighted by molar-refractivity contribution is 0.0740. The Morgan fingerprint density at radius 1 is 0.270 bits per heavy atom. The number of rotatable bonds is 10. The third kappa shape index (κ3) is 16.2. The Morgan fingerprint density at radius 3 is 1.08 bits per heavy atom. The Morgan fingerprint density at radius 2 is 0.599 bits per heavy atom. The van der Waals surface area contributed by atoms with Crippen LogP contribution in [0.4, 0.5) is 97.7 Å². The van der Waals surface area contributed by atoms with Gasteiger partial charge in [-0.2, -0.15) is 0 Å². The van der Waals surface area contributed by atoms with Crippen LogP contribution in [-0.2, 0) is 32.3 Å². The Kier molecular flexibility index (Phi) is 23.5. The molecule has 0 N–H and O–H groups in total. The largest absolute Gasteiger partial charge is 0.495 e. The highest BCUT2D eigenvalue weighted by atomic mass is 16.5. The summed E-state index contributed by atoms with van der Waals surface area (Å²) in [6.45, 7) is 10.7. The fourth-order valence-corrected chi connectivity index (χ4v) is 18.9. The standard InChI is InChI=1S/C25H23NO2.C24H21NO2.C23H17NO4.C23H19NO3.C22H17N3O2/c1-17-14-15-22(24(16-17)27-2)26-21-12-5-3-8-18(21)9-7-11-20-19-10-4-6-13-23(19)28-25(20)26;1-16-11-14-21(23(15-16)26-2)25-20-9-5-3-7-17(20)12-13-19-18-8-4-6-10-22(18)27-24(19)25;1-14-11-12-18(20(13-14)26-2)24-17-9-5-3-7-15(17)23(25)28-21-16-8-4-6-10-19(16)27-22(21)24;1-15-11-12-19(21(13-15)25-2)24-18-9-5-3-7-16(18)14-26-22-17-8-4-6-10-20(17)27-23(22)24;1-14-11-12-18(20(13-14)26-2)25-17-9-5-4-8-16(17)23-24-21-15-7-3-6-10-19(15)27-22(21)25/h3-6,8,10,12-16H,7,9,11H2,1-2H3;3-11,14-15H,12-13H2,1-2H3;3-13H,1-2H3;3-13H,14H2,1-2H3;3-13H,1-2H3. The van der Waals surface area contributed by atoms with E-state index in [0.29, 0.717) is 58.3 Å². The zero-order chi connectivity index (χ0) is 93.5. The van der Waals surface area contributed by atoms with E-state index in [1.165, 1.54) is 44.2 Å². The lowest BCUT2D eigenvalue weighted by Crippen LogP contribution is -2.16. The highest BCUT2D eigenvalue weighted by Crippen LogP contribution is 2.58. The van der Waals surface area contributed by atoms with Crippen molar-refractivity contribution in [3.05, 3.63) is 395 Å². The van der Waals surface area contributed by atoms with Gasteiger partial charge in [0.1, 0.15) is 69.0 Å². The lowest BCUT2D eigenvalue weighted by atomic mass is 9.97. The molecule has 0 atom stereocenters. The second kappa shape index (κ2) is 37.1. The number of esters is 1. The van der Waals surface area contributed by atoms with Crippen molar-refractivity contribution in [2.75, 3.05) is 60.0 Å². The molecular weight excluding hydrogens is 1710 g/mol. The van der Waals surface area contributed by atoms with E-state index in [9.17, 15) is 4.79 Å². The van der Waals surface area contributed by atoms with Gasteiger partial charge in [-0.1, -0.05) is 182 Å². The monoisotopic (exact) mass is 1810 g/mol. The number of aryl methyl sites for hydroxylation is 9. The number of hydrogen-bond acceptors (Lipinski definition) is 20. The van der Waals surface area contributed by atoms with E-state index in [1.54, 1.807) is 41.6 Å². The number of fused-ring (bicyclic) bond motifs is 20. The van der Waals surface area contributed by atoms with Gasteiger partial charge in [0.25, 0.3) is 0 Å². The normalized spacial score (nSPS) is 13.0. The van der Waals surface area contributed by atoms with Crippen molar-refractivity contribution in [1.82, 2.24) is 0 Å². The molecule has 0 radical (unpaired) electrons. The van der Waals surface area contributed by atoms with Gasteiger partial charge in [-0.05, 0) is 257 Å². The Labute approximate surface area is 792 Å². The van der Waals surface area contributed by atoms with E-state index in [0.717, 1.165) is 190 Å². The summed E-state index contributed by atoms with van der Waals surface area (Å²) in [6.07, 6.45) is 5.07. The zero-order valence-electron chi connectivity index (χ0n) is 77.4. The van der Waals surface area contributed by atoms with Gasteiger partial charge in [0, 0.05) is 27.5 Å². The predicted molar refractivity (Wildman–Crippen MR) is 544 cm³/mol. The van der Waals surface area contributed by atoms with E-state index in [4.69, 9.17) is 55.2 Å². The van der Waals surface area contributed by atoms with Crippen LogP contribution in [0.25, 0.3) is 54.8 Å². The maximum Gasteiger partial charge on any atom is 0.345 e. The number of hydrogen-bond donors (Lipinski definition) is 0. The molecule has 20 nitrogen and oxygen atoms in total. The van der Waals surface area contributed by atoms with Gasteiger partial charge in [-0.3, -0.25) is 24.5 Å². The maximum atomic E-state index is 12.9. The topological polar surface area (TPSA) is 188 Å². The minimum absolute atomic E-state index is 0.402. The maximum absolute atomic E-state index is 12.9. The number of azo groups is 1. The summed E-state index contributed by atoms with van der Waals surface area (Å²) in [5.74, 6) is 8.20. The van der Waals surface area contributed by atoms with Crippen LogP contribution in [0, 0.1) is 34.6 Å². The molecule has 137 heavy (non-hydrogen) atoms. The second-order valence-electron chi connectivity index (χ2n) is 34.2. The molecule has 0 amide bonds. The number of furan rings is 5. The molecule has 25 rings (SSSR count). The first-order valence-electron chi connectivity index (χ1n) is 45.7. The van der Waals surface area contributed by atoms with Crippen LogP contribution in [-0.4, -0.2) is 41.5 Å². The quantitative estimate of drug-likeness (QED) is 0.117. The molecule has 20 heteroatoms. The van der Waals surface area contributed by atoms with Crippen molar-refractivity contribution in [3.63, 3.8) is 0 Å². The molecule has 0 fully saturated rings. The molecule has 678 valence electrons. The van der Waals surface area contributed by atoms with Crippen molar-refractivity contribution in [2.24, 2.45) is 10.2 Å². The van der Waals surface area contributed by atoms with Crippen LogP contribution in [0.15, 0.2) is 366 Å². The number of benzene rings is 15. The number of anilines is 15. The van der Waals surface area contributed by atoms with Gasteiger partial charge in [-0.15, -0.1) is 10.2 Å². The van der Waals surface area contributed by atoms with Crippen molar-refractivity contribution in [1.29, 1.82) is 0 Å². The first-order chi connectivity index (χ1) is 67.2. The van der Waals surface area contributed by atoms with Crippen LogP contribution in [0.3, 0.4) is 0 Å². The van der Waals surface area contributed by atoms with Crippen molar-refractivity contribution in [3.8, 4) is 40.2 Å². The number of methoxy groups -OCH3 is 5. The molecule has 5 aliphatic heterocycles. The van der Waals surface area contributed by atoms with Crippen molar-refractivity contribution in [2.45, 2.75) is 73.3 Å². The third-order valence-electron chi connectivity index (χ3n) is 25.4. The molecule has 0 bridgehead atoms. The summed E-state index contributed by atoms with van der Waals surface area (Å²) < 4.78 is 72.0. The highest BCUT2D eigenvalue weighted by Gasteiger charge is 2.38. The summed E-state index contributed by atoms with van der Waals surface area (Å²) in [4.78, 5) is 23.3. The van der Waals surface area contributed by atoms with Crippen LogP contribution in [0.2, 0.25) is 0 Å². The van der Waals surface area contributed by atoms with Gasteiger partial charge >= 0.3 is 5.97 Å². The number of nitrogens with zero attached hydrogens (tertiary/aromatic N) is 7. The summed E-state index contributed by atoms with van der Waals surface area (Å²) in [5, 5.41) is 14.0. The molecule has 15 aromatic carbocycles. The Balaban J connectivity index is 0.000000102. The van der Waals surface area contributed by atoms with Gasteiger partial charge in [0.2, 0.25) is 35.2 Å². The van der Waals surface area contributed by atoms with E-state index in [-0.39, 0.29) is 0 Å². The molecule has 0 spiro atoms. The number of carbonyl (C=O) groups is 1. The second-order valence-corrected chi connectivity index (χ2v) is 34.2. The molecule has 20 aromatic rings. The first-order valence-corrected chi connectivity index (χ1v) is 45.7. The minimum Gasteiger partial charge on any atom is -0.495 e. The molecule has 0 aliphatic carbocycles. The first kappa shape index (κ1) is 86.6. The Bertz CT molecular complexity index is 7780. The Hall–Kier alpha value is -17.1. The molecule has 5 aromatic heterocycles. The van der Waals surface area contributed by atoms with Gasteiger partial charge in [0.05, 0.1) is 114 Å². The SMILES string of the molecule is COc1cc(C)ccc1N1c2ccccc2C(=O)Oc2c1oc1ccccc21.COc1cc(C)ccc1N1c2ccccc2CCCc2c1oc1ccccc21.COc1cc(C)ccc1N1c2ccccc2CCc2c1oc1ccccc21.COc1cc(C)ccc1N1c2ccccc2COc2c1oc1ccccc21.COc1cc(C)ccc1N1c2ccccc2N=Nc2c1oc1ccccc21. The smallest absolute Gasteiger partial charge is 0.345 e. The summed E-state index contributed by atoms with van der Waals surface area (Å²) in [7, 11) is 8.45. The average Bonchev–Trinajstić information content (AvgIpc) is 1.68. The number of ether oxygens (including phenoxy) is 7. The van der Waals surface area contributed by atoms with Crippen molar-refractivity contribution < 1.29 is 60.0 Å². The minimum atomic E-state index is -0.419. The molecule has 5 aliphatic rings. The van der Waals surface area contributed by atoms with Gasteiger partial charge < -0.3 is 55.2 Å². The lowest BCUT2D eigenvalue weighted by Gasteiger charge is -2.29. The fourth-order valence-electron chi connectivity index (χ4n) is 18.9. The third-order valence-corrected chi connectivity index (χ3v) is 25.4. The van der Waals surface area contributed by atoms with Gasteiger partial charge in [0.15, 0.2) is 11.4 Å².